The molecule has 10 heteroatoms. The molecule has 0 aromatic rings. The molecule has 0 aromatic carbocycles. The molecule has 0 aromatic heterocycles. The number of carbonyl (C=O) groups is 1. The van der Waals surface area contributed by atoms with Crippen molar-refractivity contribution in [2.24, 2.45) is 0 Å². The summed E-state index contributed by atoms with van der Waals surface area (Å²) in [7, 11) is -5.92. The maximum absolute atomic E-state index is 11.1. The van der Waals surface area contributed by atoms with Gasteiger partial charge in [-0.05, 0) is 19.3 Å². The molecule has 0 aliphatic carbocycles. The Kier molecular flexibility index (Phi) is 9.02. The Labute approximate surface area is 126 Å². The van der Waals surface area contributed by atoms with Gasteiger partial charge >= 0.3 is 5.97 Å². The van der Waals surface area contributed by atoms with E-state index in [1.807, 2.05) is 0 Å². The molecule has 21 heavy (non-hydrogen) atoms. The number of unbranched alkanes of at least 4 members (excludes halogenated alkanes) is 1. The maximum Gasteiger partial charge on any atom is 0.305 e. The predicted octanol–water partition coefficient (Wildman–Crippen LogP) is 0.431. The van der Waals surface area contributed by atoms with Crippen molar-refractivity contribution in [1.29, 1.82) is 0 Å². The molecule has 0 aliphatic rings. The first-order chi connectivity index (χ1) is 9.53. The molecule has 8 nitrogen and oxygen atoms in total. The molecule has 0 bridgehead atoms. The lowest BCUT2D eigenvalue weighted by molar-refractivity contribution is -0.140. The lowest BCUT2D eigenvalue weighted by Crippen LogP contribution is -2.20. The van der Waals surface area contributed by atoms with E-state index in [1.165, 1.54) is 7.11 Å². The number of carbonyl (C=O) groups excluding carboxylic acids is 1. The van der Waals surface area contributed by atoms with Gasteiger partial charge in [-0.25, -0.2) is 0 Å². The summed E-state index contributed by atoms with van der Waals surface area (Å²) >= 11 is 0. The molecule has 0 heterocycles. The first-order valence-corrected chi connectivity index (χ1v) is 9.96. The molecule has 0 amide bonds. The highest BCUT2D eigenvalue weighted by molar-refractivity contribution is 7.86. The van der Waals surface area contributed by atoms with Crippen molar-refractivity contribution in [3.05, 3.63) is 0 Å². The van der Waals surface area contributed by atoms with Gasteiger partial charge in [0.15, 0.2) is 0 Å². The summed E-state index contributed by atoms with van der Waals surface area (Å²) < 4.78 is 57.8. The highest BCUT2D eigenvalue weighted by Crippen LogP contribution is 2.13. The van der Waals surface area contributed by atoms with Crippen molar-refractivity contribution < 1.29 is 34.7 Å². The van der Waals surface area contributed by atoms with Crippen molar-refractivity contribution >= 4 is 26.2 Å². The number of ether oxygens (including phenoxy) is 1. The van der Waals surface area contributed by atoms with E-state index >= 15 is 0 Å². The van der Waals surface area contributed by atoms with Gasteiger partial charge in [-0.3, -0.25) is 13.2 Å². The zero-order valence-electron chi connectivity index (χ0n) is 12.4. The molecule has 1 atom stereocenters. The van der Waals surface area contributed by atoms with Crippen LogP contribution in [0.1, 0.15) is 32.1 Å². The van der Waals surface area contributed by atoms with E-state index < -0.39 is 26.3 Å². The van der Waals surface area contributed by atoms with Gasteiger partial charge in [-0.1, -0.05) is 6.42 Å². The highest BCUT2D eigenvalue weighted by atomic mass is 32.2. The van der Waals surface area contributed by atoms with Gasteiger partial charge in [-0.15, -0.1) is 0 Å². The normalized spacial score (nSPS) is 13.9. The summed E-state index contributed by atoms with van der Waals surface area (Å²) in [6.45, 7) is -0.157. The predicted molar refractivity (Wildman–Crippen MR) is 75.6 cm³/mol. The summed E-state index contributed by atoms with van der Waals surface area (Å²) in [6, 6.07) is 0. The molecular formula is C11H22O8S2. The van der Waals surface area contributed by atoms with E-state index in [4.69, 9.17) is 4.18 Å². The second kappa shape index (κ2) is 9.34. The quantitative estimate of drug-likeness (QED) is 0.301. The fourth-order valence-corrected chi connectivity index (χ4v) is 2.65. The van der Waals surface area contributed by atoms with Crippen LogP contribution in [0.2, 0.25) is 0 Å². The van der Waals surface area contributed by atoms with Crippen molar-refractivity contribution in [3.63, 3.8) is 0 Å². The number of esters is 1. The van der Waals surface area contributed by atoms with E-state index in [9.17, 15) is 21.6 Å². The summed E-state index contributed by atoms with van der Waals surface area (Å²) in [4.78, 5) is 10.9. The lowest BCUT2D eigenvalue weighted by Gasteiger charge is -2.15. The topological polar surface area (TPSA) is 113 Å². The molecule has 0 radical (unpaired) electrons. The van der Waals surface area contributed by atoms with Gasteiger partial charge < -0.3 is 4.74 Å². The summed E-state index contributed by atoms with van der Waals surface area (Å²) in [5.74, 6) is -0.337. The Morgan fingerprint density at radius 2 is 1.62 bits per heavy atom. The third-order valence-electron chi connectivity index (χ3n) is 2.43. The van der Waals surface area contributed by atoms with Crippen LogP contribution in [0.15, 0.2) is 0 Å². The summed E-state index contributed by atoms with van der Waals surface area (Å²) in [6.07, 6.45) is 2.97. The molecule has 0 saturated heterocycles. The first-order valence-electron chi connectivity index (χ1n) is 6.33. The average molecular weight is 346 g/mol. The third-order valence-corrected chi connectivity index (χ3v) is 3.65. The van der Waals surface area contributed by atoms with E-state index in [0.717, 1.165) is 12.5 Å². The number of hydrogen-bond donors (Lipinski definition) is 0. The molecule has 0 aliphatic heterocycles. The molecule has 0 fully saturated rings. The lowest BCUT2D eigenvalue weighted by atomic mass is 10.1. The first kappa shape index (κ1) is 20.3. The smallest absolute Gasteiger partial charge is 0.305 e. The fraction of sp³-hybridized carbons (Fsp3) is 0.909. The van der Waals surface area contributed by atoms with E-state index in [2.05, 4.69) is 8.92 Å². The van der Waals surface area contributed by atoms with Crippen molar-refractivity contribution in [3.8, 4) is 0 Å². The molecule has 0 saturated carbocycles. The van der Waals surface area contributed by atoms with Crippen LogP contribution in [-0.2, 0) is 38.1 Å². The number of methoxy groups -OCH3 is 1. The fourth-order valence-electron chi connectivity index (χ4n) is 1.56. The summed E-state index contributed by atoms with van der Waals surface area (Å²) in [5.41, 5.74) is 0. The largest absolute Gasteiger partial charge is 0.469 e. The Morgan fingerprint density at radius 3 is 2.10 bits per heavy atom. The van der Waals surface area contributed by atoms with E-state index in [1.54, 1.807) is 0 Å². The van der Waals surface area contributed by atoms with Crippen LogP contribution in [0.25, 0.3) is 0 Å². The highest BCUT2D eigenvalue weighted by Gasteiger charge is 2.16. The van der Waals surface area contributed by atoms with Gasteiger partial charge in [0.05, 0.1) is 32.3 Å². The van der Waals surface area contributed by atoms with Crippen LogP contribution in [0.5, 0.6) is 0 Å². The van der Waals surface area contributed by atoms with Crippen molar-refractivity contribution in [1.82, 2.24) is 0 Å². The average Bonchev–Trinajstić information content (AvgIpc) is 2.30. The zero-order valence-corrected chi connectivity index (χ0v) is 14.0. The molecule has 0 rings (SSSR count). The van der Waals surface area contributed by atoms with E-state index in [-0.39, 0.29) is 25.4 Å². The van der Waals surface area contributed by atoms with E-state index in [0.29, 0.717) is 19.3 Å². The Balaban J connectivity index is 4.24. The minimum absolute atomic E-state index is 0.123. The maximum atomic E-state index is 11.1. The van der Waals surface area contributed by atoms with Gasteiger partial charge in [0, 0.05) is 6.42 Å². The van der Waals surface area contributed by atoms with Crippen LogP contribution >= 0.6 is 0 Å². The second-order valence-corrected chi connectivity index (χ2v) is 7.80. The van der Waals surface area contributed by atoms with Gasteiger partial charge in [0.2, 0.25) is 0 Å². The van der Waals surface area contributed by atoms with Crippen molar-refractivity contribution in [2.45, 2.75) is 38.2 Å². The Bertz CT molecular complexity index is 508. The van der Waals surface area contributed by atoms with Crippen LogP contribution in [0, 0.1) is 0 Å². The molecule has 1 unspecified atom stereocenters. The third kappa shape index (κ3) is 14.0. The molecule has 126 valence electrons. The zero-order chi connectivity index (χ0) is 16.5. The molecular weight excluding hydrogens is 324 g/mol. The van der Waals surface area contributed by atoms with Crippen LogP contribution in [0.3, 0.4) is 0 Å². The standard InChI is InChI=1S/C11H22O8S2/c1-17-11(12)7-5-4-6-10(19-21(3,15)16)8-9-18-20(2,13)14/h10H,4-9H2,1-3H3. The van der Waals surface area contributed by atoms with Crippen molar-refractivity contribution in [2.75, 3.05) is 26.2 Å². The number of rotatable bonds is 11. The summed E-state index contributed by atoms with van der Waals surface area (Å²) in [5, 5.41) is 0. The monoisotopic (exact) mass is 346 g/mol. The second-order valence-electron chi connectivity index (χ2n) is 4.56. The van der Waals surface area contributed by atoms with Gasteiger partial charge in [-0.2, -0.15) is 16.8 Å². The van der Waals surface area contributed by atoms with Crippen LogP contribution < -0.4 is 0 Å². The number of hydrogen-bond acceptors (Lipinski definition) is 8. The Hall–Kier alpha value is -0.710. The molecule has 0 N–H and O–H groups in total. The molecule has 0 spiro atoms. The van der Waals surface area contributed by atoms with Gasteiger partial charge in [0.1, 0.15) is 0 Å². The SMILES string of the molecule is COC(=O)CCCCC(CCOS(C)(=O)=O)OS(C)(=O)=O. The minimum atomic E-state index is -3.64. The van der Waals surface area contributed by atoms with Crippen LogP contribution in [0.4, 0.5) is 0 Å². The van der Waals surface area contributed by atoms with Crippen LogP contribution in [-0.4, -0.2) is 55.1 Å². The van der Waals surface area contributed by atoms with Gasteiger partial charge in [0.25, 0.3) is 20.2 Å². The Morgan fingerprint density at radius 1 is 1.00 bits per heavy atom. The minimum Gasteiger partial charge on any atom is -0.469 e.